The summed E-state index contributed by atoms with van der Waals surface area (Å²) in [6.07, 6.45) is 0. The number of hydrogen-bond acceptors (Lipinski definition) is 3. The first-order valence-electron chi connectivity index (χ1n) is 7.18. The van der Waals surface area contributed by atoms with Crippen molar-refractivity contribution in [3.8, 4) is 0 Å². The molecule has 2 aromatic rings. The Morgan fingerprint density at radius 1 is 1.33 bits per heavy atom. The van der Waals surface area contributed by atoms with Gasteiger partial charge in [0, 0.05) is 24.1 Å². The van der Waals surface area contributed by atoms with Crippen molar-refractivity contribution in [1.29, 1.82) is 0 Å². The van der Waals surface area contributed by atoms with Crippen molar-refractivity contribution in [2.75, 3.05) is 32.8 Å². The Morgan fingerprint density at radius 2 is 2.05 bits per heavy atom. The van der Waals surface area contributed by atoms with Crippen molar-refractivity contribution >= 4 is 27.0 Å². The van der Waals surface area contributed by atoms with Crippen LogP contribution in [0.2, 0.25) is 0 Å². The van der Waals surface area contributed by atoms with Crippen LogP contribution in [0.3, 0.4) is 0 Å². The fraction of sp³-hybridized carbons (Fsp3) is 0.533. The molecule has 0 bridgehead atoms. The Hall–Kier alpha value is -1.11. The van der Waals surface area contributed by atoms with Crippen LogP contribution in [0.5, 0.6) is 0 Å². The van der Waals surface area contributed by atoms with Crippen molar-refractivity contribution in [3.05, 3.63) is 33.2 Å². The van der Waals surface area contributed by atoms with Gasteiger partial charge in [-0.3, -0.25) is 9.47 Å². The zero-order valence-electron chi connectivity index (χ0n) is 12.4. The Bertz CT molecular complexity index is 698. The molecule has 6 heteroatoms. The Kier molecular flexibility index (Phi) is 3.94. The summed E-state index contributed by atoms with van der Waals surface area (Å²) < 4.78 is 8.22. The van der Waals surface area contributed by atoms with Crippen LogP contribution in [-0.4, -0.2) is 47.3 Å². The second-order valence-corrected chi connectivity index (χ2v) is 7.04. The van der Waals surface area contributed by atoms with Crippen LogP contribution in [0.15, 0.2) is 27.5 Å². The molecule has 3 rings (SSSR count). The lowest BCUT2D eigenvalue weighted by Crippen LogP contribution is -2.48. The lowest BCUT2D eigenvalue weighted by molar-refractivity contribution is 0.0229. The number of hydrogen-bond donors (Lipinski definition) is 1. The number of H-pyrrole nitrogens is 1. The fourth-order valence-corrected chi connectivity index (χ4v) is 3.42. The largest absolute Gasteiger partial charge is 0.379 e. The van der Waals surface area contributed by atoms with Gasteiger partial charge in [-0.1, -0.05) is 15.9 Å². The second kappa shape index (κ2) is 5.59. The summed E-state index contributed by atoms with van der Waals surface area (Å²) in [6, 6.07) is 5.90. The van der Waals surface area contributed by atoms with Crippen LogP contribution >= 0.6 is 15.9 Å². The smallest absolute Gasteiger partial charge is 0.327 e. The van der Waals surface area contributed by atoms with Crippen LogP contribution in [0.4, 0.5) is 0 Å². The number of fused-ring (bicyclic) bond motifs is 1. The summed E-state index contributed by atoms with van der Waals surface area (Å²) in [5.41, 5.74) is 1.48. The Labute approximate surface area is 132 Å². The average molecular weight is 354 g/mol. The van der Waals surface area contributed by atoms with Gasteiger partial charge in [0.2, 0.25) is 0 Å². The molecule has 0 unspecified atom stereocenters. The van der Waals surface area contributed by atoms with Gasteiger partial charge in [0.05, 0.1) is 29.8 Å². The van der Waals surface area contributed by atoms with Gasteiger partial charge in [-0.25, -0.2) is 4.79 Å². The minimum Gasteiger partial charge on any atom is -0.379 e. The predicted molar refractivity (Wildman–Crippen MR) is 86.8 cm³/mol. The number of nitrogens with zero attached hydrogens (tertiary/aromatic N) is 2. The molecule has 0 radical (unpaired) electrons. The van der Waals surface area contributed by atoms with E-state index in [9.17, 15) is 4.79 Å². The van der Waals surface area contributed by atoms with E-state index in [4.69, 9.17) is 4.74 Å². The molecule has 2 heterocycles. The van der Waals surface area contributed by atoms with E-state index in [0.29, 0.717) is 0 Å². The highest BCUT2D eigenvalue weighted by molar-refractivity contribution is 9.10. The summed E-state index contributed by atoms with van der Waals surface area (Å²) in [5, 5.41) is 0. The maximum atomic E-state index is 12.4. The predicted octanol–water partition coefficient (Wildman–Crippen LogP) is 2.16. The molecule has 1 saturated heterocycles. The van der Waals surface area contributed by atoms with Gasteiger partial charge in [0.15, 0.2) is 0 Å². The molecule has 1 aromatic heterocycles. The fourth-order valence-electron chi connectivity index (χ4n) is 3.06. The first kappa shape index (κ1) is 14.8. The molecule has 0 atom stereocenters. The third-order valence-corrected chi connectivity index (χ3v) is 4.46. The van der Waals surface area contributed by atoms with E-state index in [2.05, 4.69) is 39.7 Å². The van der Waals surface area contributed by atoms with Crippen molar-refractivity contribution in [3.63, 3.8) is 0 Å². The van der Waals surface area contributed by atoms with Crippen molar-refractivity contribution < 1.29 is 4.74 Å². The molecule has 21 heavy (non-hydrogen) atoms. The molecule has 1 N–H and O–H groups in total. The van der Waals surface area contributed by atoms with Crippen LogP contribution in [0.25, 0.3) is 11.0 Å². The average Bonchev–Trinajstić information content (AvgIpc) is 2.75. The maximum Gasteiger partial charge on any atom is 0.327 e. The summed E-state index contributed by atoms with van der Waals surface area (Å²) in [5.74, 6) is 0. The normalized spacial score (nSPS) is 17.5. The van der Waals surface area contributed by atoms with Gasteiger partial charge in [0.25, 0.3) is 0 Å². The quantitative estimate of drug-likeness (QED) is 0.919. The van der Waals surface area contributed by atoms with E-state index in [-0.39, 0.29) is 11.2 Å². The summed E-state index contributed by atoms with van der Waals surface area (Å²) in [6.45, 7) is 8.44. The van der Waals surface area contributed by atoms with Gasteiger partial charge < -0.3 is 9.72 Å². The van der Waals surface area contributed by atoms with E-state index >= 15 is 0 Å². The number of aromatic amines is 1. The molecule has 1 fully saturated rings. The van der Waals surface area contributed by atoms with Gasteiger partial charge in [0.1, 0.15) is 0 Å². The van der Waals surface area contributed by atoms with E-state index in [1.165, 1.54) is 0 Å². The summed E-state index contributed by atoms with van der Waals surface area (Å²) in [7, 11) is 0. The Morgan fingerprint density at radius 3 is 2.76 bits per heavy atom. The van der Waals surface area contributed by atoms with Crippen molar-refractivity contribution in [2.45, 2.75) is 19.4 Å². The first-order chi connectivity index (χ1) is 9.97. The van der Waals surface area contributed by atoms with E-state index in [1.54, 1.807) is 0 Å². The molecule has 0 saturated carbocycles. The third kappa shape index (κ3) is 2.93. The molecule has 1 aliphatic rings. The van der Waals surface area contributed by atoms with Gasteiger partial charge >= 0.3 is 5.69 Å². The summed E-state index contributed by atoms with van der Waals surface area (Å²) in [4.78, 5) is 17.7. The molecular weight excluding hydrogens is 334 g/mol. The lowest BCUT2D eigenvalue weighted by Gasteiger charge is -2.35. The highest BCUT2D eigenvalue weighted by Crippen LogP contribution is 2.23. The summed E-state index contributed by atoms with van der Waals surface area (Å²) >= 11 is 3.44. The van der Waals surface area contributed by atoms with Crippen LogP contribution in [0, 0.1) is 0 Å². The third-order valence-electron chi connectivity index (χ3n) is 3.96. The molecule has 114 valence electrons. The zero-order valence-corrected chi connectivity index (χ0v) is 13.9. The number of halogens is 1. The van der Waals surface area contributed by atoms with Crippen LogP contribution < -0.4 is 5.69 Å². The standard InChI is InChI=1S/C15H20BrN3O2/c1-15(2,10-18-5-7-21-8-6-18)19-13-4-3-11(16)9-12(13)17-14(19)20/h3-4,9H,5-8,10H2,1-2H3,(H,17,20). The number of rotatable bonds is 3. The lowest BCUT2D eigenvalue weighted by atomic mass is 10.0. The van der Waals surface area contributed by atoms with E-state index < -0.39 is 0 Å². The molecule has 0 aliphatic carbocycles. The molecule has 1 aliphatic heterocycles. The minimum atomic E-state index is -0.277. The Balaban J connectivity index is 1.97. The van der Waals surface area contributed by atoms with E-state index in [0.717, 1.165) is 48.4 Å². The van der Waals surface area contributed by atoms with Crippen molar-refractivity contribution in [2.24, 2.45) is 0 Å². The van der Waals surface area contributed by atoms with E-state index in [1.807, 2.05) is 22.8 Å². The van der Waals surface area contributed by atoms with Crippen LogP contribution in [0.1, 0.15) is 13.8 Å². The molecular formula is C15H20BrN3O2. The number of nitrogens with one attached hydrogen (secondary N) is 1. The number of ether oxygens (including phenoxy) is 1. The minimum absolute atomic E-state index is 0.0543. The van der Waals surface area contributed by atoms with Crippen LogP contribution in [-0.2, 0) is 10.3 Å². The SMILES string of the molecule is CC(C)(CN1CCOCC1)n1c(=O)[nH]c2cc(Br)ccc21. The topological polar surface area (TPSA) is 50.3 Å². The zero-order chi connectivity index (χ0) is 15.0. The molecule has 0 spiro atoms. The number of morpholine rings is 1. The molecule has 5 nitrogen and oxygen atoms in total. The van der Waals surface area contributed by atoms with Crippen molar-refractivity contribution in [1.82, 2.24) is 14.5 Å². The highest BCUT2D eigenvalue weighted by atomic mass is 79.9. The number of imidazole rings is 1. The van der Waals surface area contributed by atoms with Gasteiger partial charge in [-0.05, 0) is 32.0 Å². The first-order valence-corrected chi connectivity index (χ1v) is 7.97. The highest BCUT2D eigenvalue weighted by Gasteiger charge is 2.28. The molecule has 1 aromatic carbocycles. The second-order valence-electron chi connectivity index (χ2n) is 6.13. The molecule has 0 amide bonds. The number of aromatic nitrogens is 2. The number of benzene rings is 1. The maximum absolute atomic E-state index is 12.4. The monoisotopic (exact) mass is 353 g/mol. The van der Waals surface area contributed by atoms with Gasteiger partial charge in [-0.15, -0.1) is 0 Å². The van der Waals surface area contributed by atoms with Gasteiger partial charge in [-0.2, -0.15) is 0 Å².